The molecule has 0 saturated heterocycles. The summed E-state index contributed by atoms with van der Waals surface area (Å²) >= 11 is 3.24. The molecule has 1 aromatic rings. The first-order valence-corrected chi connectivity index (χ1v) is 4.75. The third-order valence-electron chi connectivity index (χ3n) is 2.49. The summed E-state index contributed by atoms with van der Waals surface area (Å²) in [6.45, 7) is 1.95. The van der Waals surface area contributed by atoms with E-state index in [0.29, 0.717) is 18.1 Å². The fourth-order valence-electron chi connectivity index (χ4n) is 1.52. The first-order chi connectivity index (χ1) is 5.68. The normalized spacial score (nSPS) is 28.7. The van der Waals surface area contributed by atoms with Crippen LogP contribution in [0.3, 0.4) is 0 Å². The molecule has 1 aliphatic rings. The number of furan rings is 1. The summed E-state index contributed by atoms with van der Waals surface area (Å²) in [6, 6.07) is 3.79. The Kier molecular flexibility index (Phi) is 1.83. The van der Waals surface area contributed by atoms with Crippen LogP contribution >= 0.6 is 15.9 Å². The molecular formula is C9H9BrO2. The van der Waals surface area contributed by atoms with E-state index in [-0.39, 0.29) is 5.92 Å². The second-order valence-corrected chi connectivity index (χ2v) is 3.99. The van der Waals surface area contributed by atoms with E-state index in [1.807, 2.05) is 19.1 Å². The smallest absolute Gasteiger partial charge is 0.169 e. The van der Waals surface area contributed by atoms with E-state index in [0.717, 1.165) is 10.4 Å². The zero-order valence-corrected chi connectivity index (χ0v) is 8.30. The highest BCUT2D eigenvalue weighted by Crippen LogP contribution is 2.40. The molecule has 0 N–H and O–H groups in total. The molecule has 64 valence electrons. The molecule has 0 aliphatic heterocycles. The number of halogens is 1. The number of hydrogen-bond donors (Lipinski definition) is 0. The topological polar surface area (TPSA) is 30.2 Å². The minimum Gasteiger partial charge on any atom is -0.454 e. The molecule has 1 heterocycles. The van der Waals surface area contributed by atoms with Gasteiger partial charge in [-0.3, -0.25) is 4.79 Å². The highest BCUT2D eigenvalue weighted by molar-refractivity contribution is 9.10. The first-order valence-electron chi connectivity index (χ1n) is 3.96. The number of rotatable bonds is 1. The summed E-state index contributed by atoms with van der Waals surface area (Å²) in [5.74, 6) is 1.72. The van der Waals surface area contributed by atoms with Crippen LogP contribution in [0.2, 0.25) is 0 Å². The lowest BCUT2D eigenvalue weighted by Crippen LogP contribution is -2.32. The molecule has 12 heavy (non-hydrogen) atoms. The van der Waals surface area contributed by atoms with Crippen molar-refractivity contribution in [2.24, 2.45) is 5.92 Å². The Bertz CT molecular complexity index is 316. The van der Waals surface area contributed by atoms with Gasteiger partial charge in [0.2, 0.25) is 0 Å². The second kappa shape index (κ2) is 2.73. The lowest BCUT2D eigenvalue weighted by atomic mass is 9.72. The average molecular weight is 229 g/mol. The Labute approximate surface area is 79.1 Å². The Morgan fingerprint density at radius 1 is 1.58 bits per heavy atom. The largest absolute Gasteiger partial charge is 0.454 e. The van der Waals surface area contributed by atoms with Gasteiger partial charge in [0.1, 0.15) is 11.5 Å². The monoisotopic (exact) mass is 228 g/mol. The van der Waals surface area contributed by atoms with Crippen molar-refractivity contribution in [1.82, 2.24) is 0 Å². The van der Waals surface area contributed by atoms with Gasteiger partial charge in [0.15, 0.2) is 4.67 Å². The zero-order chi connectivity index (χ0) is 8.72. The summed E-state index contributed by atoms with van der Waals surface area (Å²) < 4.78 is 6.11. The number of Topliss-reactive ketones (excluding diaryl/α,β-unsaturated/α-hetero) is 1. The van der Waals surface area contributed by atoms with Gasteiger partial charge in [-0.15, -0.1) is 0 Å². The summed E-state index contributed by atoms with van der Waals surface area (Å²) in [4.78, 5) is 11.0. The van der Waals surface area contributed by atoms with Crippen LogP contribution in [0.25, 0.3) is 0 Å². The maximum absolute atomic E-state index is 11.0. The SMILES string of the molecule is CC1C(=O)CC1c1ccc(Br)o1. The minimum atomic E-state index is 0.142. The second-order valence-electron chi connectivity index (χ2n) is 3.21. The lowest BCUT2D eigenvalue weighted by molar-refractivity contribution is -0.130. The van der Waals surface area contributed by atoms with Gasteiger partial charge in [-0.2, -0.15) is 0 Å². The molecule has 2 atom stereocenters. The van der Waals surface area contributed by atoms with Crippen molar-refractivity contribution in [2.75, 3.05) is 0 Å². The highest BCUT2D eigenvalue weighted by atomic mass is 79.9. The molecule has 0 radical (unpaired) electrons. The van der Waals surface area contributed by atoms with E-state index in [9.17, 15) is 4.79 Å². The van der Waals surface area contributed by atoms with E-state index in [4.69, 9.17) is 4.42 Å². The molecule has 2 rings (SSSR count). The van der Waals surface area contributed by atoms with Crippen molar-refractivity contribution in [3.63, 3.8) is 0 Å². The molecule has 2 nitrogen and oxygen atoms in total. The van der Waals surface area contributed by atoms with E-state index in [1.165, 1.54) is 0 Å². The summed E-state index contributed by atoms with van der Waals surface area (Å²) in [6.07, 6.45) is 0.640. The van der Waals surface area contributed by atoms with Crippen molar-refractivity contribution in [1.29, 1.82) is 0 Å². The molecule has 1 saturated carbocycles. The Hall–Kier alpha value is -0.570. The van der Waals surface area contributed by atoms with Crippen LogP contribution in [0.1, 0.15) is 25.0 Å². The van der Waals surface area contributed by atoms with Crippen molar-refractivity contribution >= 4 is 21.7 Å². The van der Waals surface area contributed by atoms with Crippen LogP contribution < -0.4 is 0 Å². The van der Waals surface area contributed by atoms with Gasteiger partial charge >= 0.3 is 0 Å². The fourth-order valence-corrected chi connectivity index (χ4v) is 1.84. The first kappa shape index (κ1) is 8.05. The third kappa shape index (κ3) is 1.12. The molecule has 3 heteroatoms. The Morgan fingerprint density at radius 3 is 2.75 bits per heavy atom. The van der Waals surface area contributed by atoms with Gasteiger partial charge in [0, 0.05) is 18.3 Å². The summed E-state index contributed by atoms with van der Waals surface area (Å²) in [5.41, 5.74) is 0. The number of carbonyl (C=O) groups excluding carboxylic acids is 1. The van der Waals surface area contributed by atoms with Crippen LogP contribution in [0.5, 0.6) is 0 Å². The third-order valence-corrected chi connectivity index (χ3v) is 2.92. The van der Waals surface area contributed by atoms with Crippen LogP contribution in [-0.2, 0) is 4.79 Å². The van der Waals surface area contributed by atoms with Gasteiger partial charge in [-0.25, -0.2) is 0 Å². The van der Waals surface area contributed by atoms with Gasteiger partial charge in [0.25, 0.3) is 0 Å². The molecule has 1 aromatic heterocycles. The quantitative estimate of drug-likeness (QED) is 0.741. The minimum absolute atomic E-state index is 0.142. The molecule has 1 fully saturated rings. The average Bonchev–Trinajstić information content (AvgIpc) is 2.46. The number of carbonyl (C=O) groups is 1. The predicted molar refractivity (Wildman–Crippen MR) is 47.9 cm³/mol. The van der Waals surface area contributed by atoms with Crippen molar-refractivity contribution in [3.8, 4) is 0 Å². The maximum atomic E-state index is 11.0. The van der Waals surface area contributed by atoms with Crippen molar-refractivity contribution in [3.05, 3.63) is 22.6 Å². The Balaban J connectivity index is 2.17. The maximum Gasteiger partial charge on any atom is 0.169 e. The van der Waals surface area contributed by atoms with Gasteiger partial charge in [0.05, 0.1) is 0 Å². The van der Waals surface area contributed by atoms with Crippen LogP contribution in [-0.4, -0.2) is 5.78 Å². The lowest BCUT2D eigenvalue weighted by Gasteiger charge is -2.30. The summed E-state index contributed by atoms with van der Waals surface area (Å²) in [7, 11) is 0. The zero-order valence-electron chi connectivity index (χ0n) is 6.71. The van der Waals surface area contributed by atoms with Gasteiger partial charge in [-0.1, -0.05) is 6.92 Å². The van der Waals surface area contributed by atoms with Crippen LogP contribution in [0, 0.1) is 5.92 Å². The van der Waals surface area contributed by atoms with Crippen LogP contribution in [0.15, 0.2) is 21.2 Å². The van der Waals surface area contributed by atoms with Gasteiger partial charge < -0.3 is 4.42 Å². The van der Waals surface area contributed by atoms with E-state index < -0.39 is 0 Å². The standard InChI is InChI=1S/C9H9BrO2/c1-5-6(4-7(5)11)8-2-3-9(10)12-8/h2-3,5-6H,4H2,1H3. The van der Waals surface area contributed by atoms with E-state index in [1.54, 1.807) is 0 Å². The molecule has 2 unspecified atom stereocenters. The molecule has 0 bridgehead atoms. The van der Waals surface area contributed by atoms with E-state index in [2.05, 4.69) is 15.9 Å². The molecule has 0 aromatic carbocycles. The van der Waals surface area contributed by atoms with Gasteiger partial charge in [-0.05, 0) is 28.1 Å². The Morgan fingerprint density at radius 2 is 2.33 bits per heavy atom. The van der Waals surface area contributed by atoms with E-state index >= 15 is 0 Å². The molecule has 0 spiro atoms. The number of ketones is 1. The van der Waals surface area contributed by atoms with Crippen molar-refractivity contribution < 1.29 is 9.21 Å². The van der Waals surface area contributed by atoms with Crippen molar-refractivity contribution in [2.45, 2.75) is 19.3 Å². The van der Waals surface area contributed by atoms with Crippen LogP contribution in [0.4, 0.5) is 0 Å². The number of hydrogen-bond acceptors (Lipinski definition) is 2. The predicted octanol–water partition coefficient (Wildman–Crippen LogP) is 2.73. The fraction of sp³-hybridized carbons (Fsp3) is 0.444. The molecular weight excluding hydrogens is 220 g/mol. The molecule has 1 aliphatic carbocycles. The highest BCUT2D eigenvalue weighted by Gasteiger charge is 2.38. The summed E-state index contributed by atoms with van der Waals surface area (Å²) in [5, 5.41) is 0. The molecule has 0 amide bonds.